The molecule has 1 saturated carbocycles. The number of hydrogen-bond acceptors (Lipinski definition) is 1. The lowest BCUT2D eigenvalue weighted by Crippen LogP contribution is -2.09. The highest BCUT2D eigenvalue weighted by Gasteiger charge is 2.21. The predicted molar refractivity (Wildman–Crippen MR) is 61.2 cm³/mol. The van der Waals surface area contributed by atoms with Crippen molar-refractivity contribution < 1.29 is 5.11 Å². The van der Waals surface area contributed by atoms with E-state index in [1.54, 1.807) is 0 Å². The van der Waals surface area contributed by atoms with E-state index in [-0.39, 0.29) is 6.10 Å². The van der Waals surface area contributed by atoms with Crippen LogP contribution in [0, 0.1) is 5.92 Å². The molecule has 0 spiro atoms. The second-order valence-corrected chi connectivity index (χ2v) is 4.44. The minimum absolute atomic E-state index is 0.0538. The minimum Gasteiger partial charge on any atom is -0.393 e. The van der Waals surface area contributed by atoms with Crippen LogP contribution in [0.1, 0.15) is 58.3 Å². The van der Waals surface area contributed by atoms with Crippen molar-refractivity contribution in [3.05, 3.63) is 12.2 Å². The Morgan fingerprint density at radius 1 is 1.21 bits per heavy atom. The SMILES string of the molecule is CCCCCC/C=C/C1CCC[C@H]1O. The second-order valence-electron chi connectivity index (χ2n) is 4.44. The summed E-state index contributed by atoms with van der Waals surface area (Å²) in [6.07, 6.45) is 14.4. The third kappa shape index (κ3) is 4.28. The Labute approximate surface area is 88.2 Å². The average molecular weight is 196 g/mol. The van der Waals surface area contributed by atoms with Crippen LogP contribution in [-0.2, 0) is 0 Å². The molecule has 2 atom stereocenters. The van der Waals surface area contributed by atoms with Gasteiger partial charge >= 0.3 is 0 Å². The van der Waals surface area contributed by atoms with Gasteiger partial charge in [0.2, 0.25) is 0 Å². The Bertz CT molecular complexity index is 163. The molecule has 0 amide bonds. The van der Waals surface area contributed by atoms with Gasteiger partial charge in [-0.2, -0.15) is 0 Å². The lowest BCUT2D eigenvalue weighted by atomic mass is 10.0. The number of hydrogen-bond donors (Lipinski definition) is 1. The van der Waals surface area contributed by atoms with Gasteiger partial charge in [-0.05, 0) is 25.7 Å². The van der Waals surface area contributed by atoms with Gasteiger partial charge in [0, 0.05) is 5.92 Å². The number of aliphatic hydroxyl groups excluding tert-OH is 1. The fraction of sp³-hybridized carbons (Fsp3) is 0.846. The van der Waals surface area contributed by atoms with E-state index < -0.39 is 0 Å². The first-order valence-corrected chi connectivity index (χ1v) is 6.19. The van der Waals surface area contributed by atoms with Crippen LogP contribution >= 0.6 is 0 Å². The second kappa shape index (κ2) is 7.05. The van der Waals surface area contributed by atoms with Crippen molar-refractivity contribution in [2.24, 2.45) is 5.92 Å². The topological polar surface area (TPSA) is 20.2 Å². The summed E-state index contributed by atoms with van der Waals surface area (Å²) in [5.41, 5.74) is 0. The summed E-state index contributed by atoms with van der Waals surface area (Å²) in [4.78, 5) is 0. The third-order valence-corrected chi connectivity index (χ3v) is 3.14. The van der Waals surface area contributed by atoms with Crippen LogP contribution in [0.5, 0.6) is 0 Å². The Kier molecular flexibility index (Phi) is 5.93. The Hall–Kier alpha value is -0.300. The van der Waals surface area contributed by atoms with Crippen LogP contribution in [0.3, 0.4) is 0 Å². The first-order chi connectivity index (χ1) is 6.84. The molecule has 0 radical (unpaired) electrons. The van der Waals surface area contributed by atoms with Crippen LogP contribution in [0.2, 0.25) is 0 Å². The van der Waals surface area contributed by atoms with Gasteiger partial charge in [-0.25, -0.2) is 0 Å². The molecule has 0 aromatic carbocycles. The highest BCUT2D eigenvalue weighted by atomic mass is 16.3. The summed E-state index contributed by atoms with van der Waals surface area (Å²) in [7, 11) is 0. The Morgan fingerprint density at radius 2 is 2.07 bits per heavy atom. The molecule has 1 rings (SSSR count). The zero-order valence-electron chi connectivity index (χ0n) is 9.41. The van der Waals surface area contributed by atoms with E-state index >= 15 is 0 Å². The smallest absolute Gasteiger partial charge is 0.0602 e. The molecule has 1 nitrogen and oxygen atoms in total. The molecule has 1 aliphatic carbocycles. The summed E-state index contributed by atoms with van der Waals surface area (Å²) >= 11 is 0. The summed E-state index contributed by atoms with van der Waals surface area (Å²) in [6, 6.07) is 0. The molecule has 1 unspecified atom stereocenters. The molecule has 0 aromatic heterocycles. The molecule has 1 fully saturated rings. The summed E-state index contributed by atoms with van der Waals surface area (Å²) < 4.78 is 0. The van der Waals surface area contributed by atoms with E-state index in [4.69, 9.17) is 0 Å². The van der Waals surface area contributed by atoms with Crippen molar-refractivity contribution in [2.45, 2.75) is 64.4 Å². The molecule has 1 heteroatoms. The third-order valence-electron chi connectivity index (χ3n) is 3.14. The fourth-order valence-electron chi connectivity index (χ4n) is 2.15. The van der Waals surface area contributed by atoms with E-state index in [1.807, 2.05) is 0 Å². The fourth-order valence-corrected chi connectivity index (χ4v) is 2.15. The molecule has 0 aromatic rings. The maximum Gasteiger partial charge on any atom is 0.0602 e. The number of allylic oxidation sites excluding steroid dienone is 1. The maximum atomic E-state index is 9.58. The van der Waals surface area contributed by atoms with Gasteiger partial charge in [-0.3, -0.25) is 0 Å². The van der Waals surface area contributed by atoms with Crippen molar-refractivity contribution in [3.8, 4) is 0 Å². The summed E-state index contributed by atoms with van der Waals surface area (Å²) in [6.45, 7) is 2.24. The first-order valence-electron chi connectivity index (χ1n) is 6.19. The van der Waals surface area contributed by atoms with Gasteiger partial charge in [0.05, 0.1) is 6.10 Å². The largest absolute Gasteiger partial charge is 0.393 e. The Balaban J connectivity index is 2.02. The quantitative estimate of drug-likeness (QED) is 0.507. The normalized spacial score (nSPS) is 27.6. The molecule has 0 bridgehead atoms. The van der Waals surface area contributed by atoms with Crippen LogP contribution < -0.4 is 0 Å². The highest BCUT2D eigenvalue weighted by molar-refractivity contribution is 4.94. The molecule has 0 heterocycles. The van der Waals surface area contributed by atoms with Crippen LogP contribution in [0.4, 0.5) is 0 Å². The molecule has 1 aliphatic rings. The molecule has 14 heavy (non-hydrogen) atoms. The van der Waals surface area contributed by atoms with E-state index in [1.165, 1.54) is 44.9 Å². The van der Waals surface area contributed by atoms with Gasteiger partial charge in [-0.15, -0.1) is 0 Å². The zero-order chi connectivity index (χ0) is 10.2. The first kappa shape index (κ1) is 11.8. The van der Waals surface area contributed by atoms with Gasteiger partial charge in [0.15, 0.2) is 0 Å². The highest BCUT2D eigenvalue weighted by Crippen LogP contribution is 2.26. The van der Waals surface area contributed by atoms with Gasteiger partial charge in [0.1, 0.15) is 0 Å². The molecule has 0 aliphatic heterocycles. The van der Waals surface area contributed by atoms with E-state index in [0.29, 0.717) is 5.92 Å². The number of rotatable bonds is 6. The zero-order valence-corrected chi connectivity index (χ0v) is 9.41. The average Bonchev–Trinajstić information content (AvgIpc) is 2.58. The van der Waals surface area contributed by atoms with Crippen LogP contribution in [0.15, 0.2) is 12.2 Å². The van der Waals surface area contributed by atoms with Crippen molar-refractivity contribution in [3.63, 3.8) is 0 Å². The van der Waals surface area contributed by atoms with Crippen molar-refractivity contribution in [1.29, 1.82) is 0 Å². The van der Waals surface area contributed by atoms with Crippen LogP contribution in [-0.4, -0.2) is 11.2 Å². The number of unbranched alkanes of at least 4 members (excludes halogenated alkanes) is 4. The van der Waals surface area contributed by atoms with E-state index in [0.717, 1.165) is 6.42 Å². The van der Waals surface area contributed by atoms with Gasteiger partial charge in [0.25, 0.3) is 0 Å². The minimum atomic E-state index is -0.0538. The van der Waals surface area contributed by atoms with E-state index in [2.05, 4.69) is 19.1 Å². The van der Waals surface area contributed by atoms with Crippen molar-refractivity contribution >= 4 is 0 Å². The molecule has 0 saturated heterocycles. The molecular weight excluding hydrogens is 172 g/mol. The van der Waals surface area contributed by atoms with Crippen molar-refractivity contribution in [2.75, 3.05) is 0 Å². The summed E-state index contributed by atoms with van der Waals surface area (Å²) in [5.74, 6) is 0.459. The van der Waals surface area contributed by atoms with Crippen molar-refractivity contribution in [1.82, 2.24) is 0 Å². The lowest BCUT2D eigenvalue weighted by Gasteiger charge is -2.07. The molecule has 82 valence electrons. The van der Waals surface area contributed by atoms with E-state index in [9.17, 15) is 5.11 Å². The molecule has 1 N–H and O–H groups in total. The summed E-state index contributed by atoms with van der Waals surface area (Å²) in [5, 5.41) is 9.58. The standard InChI is InChI=1S/C13H24O/c1-2-3-4-5-6-7-9-12-10-8-11-13(12)14/h7,9,12-14H,2-6,8,10-11H2,1H3/b9-7+/t12?,13-/m1/s1. The molecular formula is C13H24O. The van der Waals surface area contributed by atoms with Gasteiger partial charge in [-0.1, -0.05) is 44.8 Å². The lowest BCUT2D eigenvalue weighted by molar-refractivity contribution is 0.153. The Morgan fingerprint density at radius 3 is 2.71 bits per heavy atom. The predicted octanol–water partition coefficient (Wildman–Crippen LogP) is 3.67. The van der Waals surface area contributed by atoms with Crippen LogP contribution in [0.25, 0.3) is 0 Å². The maximum absolute atomic E-state index is 9.58. The number of aliphatic hydroxyl groups is 1. The van der Waals surface area contributed by atoms with Gasteiger partial charge < -0.3 is 5.11 Å². The monoisotopic (exact) mass is 196 g/mol.